The van der Waals surface area contributed by atoms with Gasteiger partial charge in [0.1, 0.15) is 0 Å². The van der Waals surface area contributed by atoms with Gasteiger partial charge in [-0.3, -0.25) is 4.79 Å². The number of nitrogens with zero attached hydrogens (tertiary/aromatic N) is 4. The third-order valence-electron chi connectivity index (χ3n) is 6.19. The van der Waals surface area contributed by atoms with E-state index in [1.54, 1.807) is 26.0 Å². The van der Waals surface area contributed by atoms with Gasteiger partial charge in [-0.15, -0.1) is 0 Å². The van der Waals surface area contributed by atoms with Crippen LogP contribution in [0.2, 0.25) is 0 Å². The lowest BCUT2D eigenvalue weighted by Crippen LogP contribution is -2.35. The number of piperidine rings is 1. The first-order chi connectivity index (χ1) is 15.9. The van der Waals surface area contributed by atoms with Crippen LogP contribution >= 0.6 is 0 Å². The van der Waals surface area contributed by atoms with E-state index in [1.807, 2.05) is 12.4 Å². The second-order valence-corrected chi connectivity index (χ2v) is 9.23. The van der Waals surface area contributed by atoms with Crippen molar-refractivity contribution in [1.82, 2.24) is 20.3 Å². The molecule has 1 aliphatic rings. The van der Waals surface area contributed by atoms with E-state index >= 15 is 0 Å². The third kappa shape index (κ3) is 7.12. The van der Waals surface area contributed by atoms with Crippen molar-refractivity contribution in [2.24, 2.45) is 5.92 Å². The van der Waals surface area contributed by atoms with Gasteiger partial charge in [-0.25, -0.2) is 15.0 Å². The lowest BCUT2D eigenvalue weighted by molar-refractivity contribution is 0.0921. The number of amides is 1. The van der Waals surface area contributed by atoms with Crippen molar-refractivity contribution in [3.63, 3.8) is 0 Å². The first-order valence-corrected chi connectivity index (χ1v) is 12.0. The molecule has 0 radical (unpaired) electrons. The molecule has 33 heavy (non-hydrogen) atoms. The Morgan fingerprint density at radius 1 is 1.21 bits per heavy atom. The average molecular weight is 456 g/mol. The number of rotatable bonds is 10. The number of aliphatic hydroxyl groups is 1. The highest BCUT2D eigenvalue weighted by molar-refractivity contribution is 5.95. The highest BCUT2D eigenvalue weighted by Crippen LogP contribution is 2.25. The zero-order valence-corrected chi connectivity index (χ0v) is 20.3. The molecule has 0 spiro atoms. The minimum absolute atomic E-state index is 0.0996. The Morgan fingerprint density at radius 2 is 1.91 bits per heavy atom. The summed E-state index contributed by atoms with van der Waals surface area (Å²) in [6, 6.07) is 3.16. The fraction of sp³-hybridized carbons (Fsp3) is 0.600. The second-order valence-electron chi connectivity index (χ2n) is 9.23. The fourth-order valence-electron chi connectivity index (χ4n) is 3.97. The van der Waals surface area contributed by atoms with Gasteiger partial charge in [0.25, 0.3) is 5.91 Å². The van der Waals surface area contributed by atoms with Crippen LogP contribution in [0.5, 0.6) is 5.88 Å². The first-order valence-electron chi connectivity index (χ1n) is 12.0. The van der Waals surface area contributed by atoms with Crippen molar-refractivity contribution in [2.75, 3.05) is 31.2 Å². The summed E-state index contributed by atoms with van der Waals surface area (Å²) in [4.78, 5) is 28.0. The van der Waals surface area contributed by atoms with Crippen LogP contribution in [0.15, 0.2) is 24.5 Å². The number of nitrogens with one attached hydrogen (secondary N) is 1. The molecule has 1 fully saturated rings. The Balaban J connectivity index is 1.37. The largest absolute Gasteiger partial charge is 0.478 e. The second kappa shape index (κ2) is 11.9. The minimum Gasteiger partial charge on any atom is -0.478 e. The Hall–Kier alpha value is -2.74. The summed E-state index contributed by atoms with van der Waals surface area (Å²) >= 11 is 0. The van der Waals surface area contributed by atoms with Crippen molar-refractivity contribution in [3.05, 3.63) is 41.3 Å². The summed E-state index contributed by atoms with van der Waals surface area (Å²) in [6.45, 7) is 10.3. The van der Waals surface area contributed by atoms with Crippen LogP contribution in [-0.4, -0.2) is 58.3 Å². The highest BCUT2D eigenvalue weighted by Gasteiger charge is 2.21. The zero-order valence-electron chi connectivity index (χ0n) is 20.3. The normalized spacial score (nSPS) is 15.5. The van der Waals surface area contributed by atoms with Crippen molar-refractivity contribution in [3.8, 4) is 5.88 Å². The van der Waals surface area contributed by atoms with E-state index in [0.717, 1.165) is 44.7 Å². The topological polar surface area (TPSA) is 100 Å². The van der Waals surface area contributed by atoms with Crippen LogP contribution in [0.4, 0.5) is 5.95 Å². The van der Waals surface area contributed by atoms with Gasteiger partial charge in [-0.05, 0) is 63.0 Å². The number of hydrogen-bond acceptors (Lipinski definition) is 7. The molecule has 2 aromatic heterocycles. The number of anilines is 1. The van der Waals surface area contributed by atoms with Crippen LogP contribution in [0.3, 0.4) is 0 Å². The SMILES string of the molecule is Cc1nc(OCCCC2CCN(c3ncc(C(C)C)cn3)CC2)ccc1C(=O)NC(C)CO. The minimum atomic E-state index is -0.294. The zero-order chi connectivity index (χ0) is 23.8. The van der Waals surface area contributed by atoms with Gasteiger partial charge in [0.05, 0.1) is 24.5 Å². The summed E-state index contributed by atoms with van der Waals surface area (Å²) < 4.78 is 5.82. The Labute approximate surface area is 196 Å². The molecule has 0 bridgehead atoms. The van der Waals surface area contributed by atoms with Crippen LogP contribution in [-0.2, 0) is 0 Å². The number of ether oxygens (including phenoxy) is 1. The van der Waals surface area contributed by atoms with E-state index in [1.165, 1.54) is 5.56 Å². The van der Waals surface area contributed by atoms with Crippen LogP contribution in [0, 0.1) is 12.8 Å². The van der Waals surface area contributed by atoms with E-state index in [-0.39, 0.29) is 18.6 Å². The average Bonchev–Trinajstić information content (AvgIpc) is 2.82. The Kier molecular flexibility index (Phi) is 9.00. The van der Waals surface area contributed by atoms with Gasteiger partial charge >= 0.3 is 0 Å². The van der Waals surface area contributed by atoms with Gasteiger partial charge in [-0.2, -0.15) is 0 Å². The van der Waals surface area contributed by atoms with Crippen molar-refractivity contribution < 1.29 is 14.6 Å². The van der Waals surface area contributed by atoms with E-state index < -0.39 is 0 Å². The summed E-state index contributed by atoms with van der Waals surface area (Å²) in [5.41, 5.74) is 2.29. The molecule has 1 unspecified atom stereocenters. The van der Waals surface area contributed by atoms with Crippen LogP contribution < -0.4 is 15.0 Å². The van der Waals surface area contributed by atoms with E-state index in [4.69, 9.17) is 9.84 Å². The molecule has 0 aliphatic carbocycles. The number of aryl methyl sites for hydroxylation is 1. The van der Waals surface area contributed by atoms with Gasteiger partial charge < -0.3 is 20.1 Å². The third-order valence-corrected chi connectivity index (χ3v) is 6.19. The Morgan fingerprint density at radius 3 is 2.52 bits per heavy atom. The molecule has 3 rings (SSSR count). The van der Waals surface area contributed by atoms with Crippen molar-refractivity contribution >= 4 is 11.9 Å². The van der Waals surface area contributed by atoms with Gasteiger partial charge in [-0.1, -0.05) is 13.8 Å². The predicted octanol–water partition coefficient (Wildman–Crippen LogP) is 3.49. The van der Waals surface area contributed by atoms with E-state index in [0.29, 0.717) is 35.6 Å². The van der Waals surface area contributed by atoms with Crippen LogP contribution in [0.1, 0.15) is 74.0 Å². The molecule has 1 atom stereocenters. The standard InChI is InChI=1S/C25H37N5O3/c1-17(2)21-14-26-25(27-15-21)30-11-9-20(10-12-30)6-5-13-33-23-8-7-22(19(4)29-23)24(32)28-18(3)16-31/h7-8,14-15,17-18,20,31H,5-6,9-13,16H2,1-4H3,(H,28,32). The number of carbonyl (C=O) groups is 1. The molecular formula is C25H37N5O3. The molecule has 8 nitrogen and oxygen atoms in total. The highest BCUT2D eigenvalue weighted by atomic mass is 16.5. The van der Waals surface area contributed by atoms with Crippen molar-refractivity contribution in [2.45, 2.75) is 65.3 Å². The molecule has 1 saturated heterocycles. The summed E-state index contributed by atoms with van der Waals surface area (Å²) in [6.07, 6.45) is 8.27. The Bertz CT molecular complexity index is 895. The predicted molar refractivity (Wildman–Crippen MR) is 129 cm³/mol. The molecule has 0 aromatic carbocycles. The molecule has 1 aliphatic heterocycles. The number of aliphatic hydroxyl groups excluding tert-OH is 1. The maximum absolute atomic E-state index is 12.2. The lowest BCUT2D eigenvalue weighted by Gasteiger charge is -2.32. The van der Waals surface area contributed by atoms with E-state index in [9.17, 15) is 4.79 Å². The van der Waals surface area contributed by atoms with Crippen molar-refractivity contribution in [1.29, 1.82) is 0 Å². The molecule has 3 heterocycles. The molecule has 8 heteroatoms. The maximum Gasteiger partial charge on any atom is 0.253 e. The molecular weight excluding hydrogens is 418 g/mol. The number of pyridine rings is 1. The summed E-state index contributed by atoms with van der Waals surface area (Å²) in [5.74, 6) is 2.28. The molecule has 1 amide bonds. The smallest absolute Gasteiger partial charge is 0.253 e. The number of hydrogen-bond donors (Lipinski definition) is 2. The summed E-state index contributed by atoms with van der Waals surface area (Å²) in [5, 5.41) is 11.8. The first kappa shape index (κ1) is 24.9. The lowest BCUT2D eigenvalue weighted by atomic mass is 9.92. The number of carbonyl (C=O) groups excluding carboxylic acids is 1. The molecule has 0 saturated carbocycles. The molecule has 2 N–H and O–H groups in total. The maximum atomic E-state index is 12.2. The van der Waals surface area contributed by atoms with E-state index in [2.05, 4.69) is 39.0 Å². The van der Waals surface area contributed by atoms with Gasteiger partial charge in [0.15, 0.2) is 0 Å². The van der Waals surface area contributed by atoms with Gasteiger partial charge in [0, 0.05) is 37.6 Å². The monoisotopic (exact) mass is 455 g/mol. The summed E-state index contributed by atoms with van der Waals surface area (Å²) in [7, 11) is 0. The fourth-order valence-corrected chi connectivity index (χ4v) is 3.97. The number of aromatic nitrogens is 3. The molecule has 180 valence electrons. The van der Waals surface area contributed by atoms with Crippen LogP contribution in [0.25, 0.3) is 0 Å². The molecule has 2 aromatic rings. The van der Waals surface area contributed by atoms with Gasteiger partial charge in [0.2, 0.25) is 11.8 Å². The quantitative estimate of drug-likeness (QED) is 0.529.